The number of thiophene rings is 1. The number of nitrogens with zero attached hydrogens (tertiary/aromatic N) is 1. The molecule has 4 heteroatoms. The quantitative estimate of drug-likeness (QED) is 0.173. The van der Waals surface area contributed by atoms with Gasteiger partial charge in [0.1, 0.15) is 0 Å². The van der Waals surface area contributed by atoms with Crippen molar-refractivity contribution < 1.29 is 0 Å². The fourth-order valence-corrected chi connectivity index (χ4v) is 9.47. The van der Waals surface area contributed by atoms with Gasteiger partial charge in [-0.25, -0.2) is 0 Å². The highest BCUT2D eigenvalue weighted by Crippen LogP contribution is 2.43. The maximum absolute atomic E-state index is 6.81. The third-order valence-corrected chi connectivity index (χ3v) is 11.9. The minimum atomic E-state index is -0.640. The van der Waals surface area contributed by atoms with Gasteiger partial charge >= 0.3 is 0 Å². The first-order chi connectivity index (χ1) is 26.0. The maximum atomic E-state index is 6.81. The van der Waals surface area contributed by atoms with E-state index in [-0.39, 0.29) is 0 Å². The number of likely N-dealkylation sites (N-methyl/N-ethyl adjacent to an activating group) is 1. The van der Waals surface area contributed by atoms with E-state index in [1.54, 1.807) is 0 Å². The van der Waals surface area contributed by atoms with Gasteiger partial charge in [0.05, 0.1) is 16.6 Å². The molecular formula is C49H45N3S. The number of allylic oxidation sites excluding steroid dienone is 1. The van der Waals surface area contributed by atoms with Gasteiger partial charge in [0.2, 0.25) is 0 Å². The van der Waals surface area contributed by atoms with E-state index in [0.717, 1.165) is 34.5 Å². The summed E-state index contributed by atoms with van der Waals surface area (Å²) in [5.41, 5.74) is 17.6. The van der Waals surface area contributed by atoms with Crippen LogP contribution in [0.1, 0.15) is 47.9 Å². The highest BCUT2D eigenvalue weighted by molar-refractivity contribution is 7.20. The molecule has 2 heterocycles. The topological polar surface area (TPSA) is 43.0 Å². The summed E-state index contributed by atoms with van der Waals surface area (Å²) in [6, 6.07) is 52.2. The molecule has 0 radical (unpaired) electrons. The lowest BCUT2D eigenvalue weighted by atomic mass is 9.81. The van der Waals surface area contributed by atoms with Crippen LogP contribution < -0.4 is 11.1 Å². The standard InChI is InChI=1S/C47H39N3S.C2H6/c1-31-20-26-40-41-18-11-17-37(46(41)51-45(40)28-31)33-21-27-39-38-16-9-10-19-43(38)50(44(39)29-33)36-24-22-35(23-25-36)47(49-2,34-14-7-4-8-15-34)30-42(48)32-12-5-3-6-13-32;1-2/h3-27,29-31,49H,28,48H2,1-2H3;1-2H3/b42-30-;. The van der Waals surface area contributed by atoms with Gasteiger partial charge in [0.25, 0.3) is 0 Å². The highest BCUT2D eigenvalue weighted by atomic mass is 32.1. The Morgan fingerprint density at radius 2 is 1.40 bits per heavy atom. The molecule has 2 aromatic heterocycles. The molecule has 2 atom stereocenters. The van der Waals surface area contributed by atoms with Gasteiger partial charge in [-0.15, -0.1) is 11.3 Å². The van der Waals surface area contributed by atoms with Crippen molar-refractivity contribution in [3.8, 4) is 16.8 Å². The zero-order chi connectivity index (χ0) is 36.5. The summed E-state index contributed by atoms with van der Waals surface area (Å²) in [6.07, 6.45) is 7.95. The van der Waals surface area contributed by atoms with Gasteiger partial charge in [0, 0.05) is 37.1 Å². The summed E-state index contributed by atoms with van der Waals surface area (Å²) in [6.45, 7) is 6.31. The minimum absolute atomic E-state index is 0.579. The van der Waals surface area contributed by atoms with E-state index in [9.17, 15) is 0 Å². The highest BCUT2D eigenvalue weighted by Gasteiger charge is 2.31. The van der Waals surface area contributed by atoms with Gasteiger partial charge in [-0.2, -0.15) is 0 Å². The Hall–Kier alpha value is -5.68. The summed E-state index contributed by atoms with van der Waals surface area (Å²) in [7, 11) is 2.01. The molecule has 0 spiro atoms. The van der Waals surface area contributed by atoms with Gasteiger partial charge in [-0.1, -0.05) is 154 Å². The maximum Gasteiger partial charge on any atom is 0.0898 e. The monoisotopic (exact) mass is 707 g/mol. The predicted molar refractivity (Wildman–Crippen MR) is 230 cm³/mol. The largest absolute Gasteiger partial charge is 0.398 e. The molecule has 6 aromatic carbocycles. The van der Waals surface area contributed by atoms with Crippen molar-refractivity contribution in [1.82, 2.24) is 9.88 Å². The van der Waals surface area contributed by atoms with Gasteiger partial charge in [-0.3, -0.25) is 0 Å². The van der Waals surface area contributed by atoms with Crippen LogP contribution in [0.5, 0.6) is 0 Å². The normalized spacial score (nSPS) is 15.2. The van der Waals surface area contributed by atoms with Crippen molar-refractivity contribution >= 4 is 55.0 Å². The Bertz CT molecular complexity index is 2610. The molecule has 1 aliphatic rings. The third-order valence-electron chi connectivity index (χ3n) is 10.6. The van der Waals surface area contributed by atoms with E-state index >= 15 is 0 Å². The molecule has 8 aromatic rings. The molecule has 3 nitrogen and oxygen atoms in total. The zero-order valence-electron chi connectivity index (χ0n) is 30.8. The number of nitrogens with one attached hydrogen (secondary N) is 1. The average Bonchev–Trinajstić information content (AvgIpc) is 3.76. The second-order valence-corrected chi connectivity index (χ2v) is 14.8. The van der Waals surface area contributed by atoms with Crippen LogP contribution in [0.15, 0.2) is 158 Å². The van der Waals surface area contributed by atoms with Gasteiger partial charge in [-0.05, 0) is 83.1 Å². The van der Waals surface area contributed by atoms with Crippen molar-refractivity contribution in [3.63, 3.8) is 0 Å². The van der Waals surface area contributed by atoms with Crippen LogP contribution in [0.25, 0.3) is 60.5 Å². The van der Waals surface area contributed by atoms with Crippen molar-refractivity contribution in [3.05, 3.63) is 185 Å². The first-order valence-corrected chi connectivity index (χ1v) is 19.5. The van der Waals surface area contributed by atoms with Gasteiger partial charge in [0.15, 0.2) is 0 Å². The molecule has 0 aliphatic heterocycles. The minimum Gasteiger partial charge on any atom is -0.398 e. The number of para-hydroxylation sites is 1. The first-order valence-electron chi connectivity index (χ1n) is 18.7. The summed E-state index contributed by atoms with van der Waals surface area (Å²) < 4.78 is 3.79. The Morgan fingerprint density at radius 3 is 2.15 bits per heavy atom. The van der Waals surface area contributed by atoms with Crippen LogP contribution in [-0.4, -0.2) is 11.6 Å². The van der Waals surface area contributed by atoms with Gasteiger partial charge < -0.3 is 15.6 Å². The van der Waals surface area contributed by atoms with E-state index in [2.05, 4.69) is 162 Å². The molecule has 9 rings (SSSR count). The number of hydrogen-bond donors (Lipinski definition) is 2. The molecule has 262 valence electrons. The van der Waals surface area contributed by atoms with Crippen LogP contribution in [0.4, 0.5) is 0 Å². The lowest BCUT2D eigenvalue weighted by Crippen LogP contribution is -2.40. The molecule has 3 N–H and O–H groups in total. The van der Waals surface area contributed by atoms with Crippen molar-refractivity contribution in [2.24, 2.45) is 11.7 Å². The van der Waals surface area contributed by atoms with Crippen LogP contribution in [-0.2, 0) is 12.0 Å². The molecule has 0 fully saturated rings. The molecule has 53 heavy (non-hydrogen) atoms. The van der Waals surface area contributed by atoms with E-state index in [0.29, 0.717) is 5.92 Å². The Morgan fingerprint density at radius 1 is 0.736 bits per heavy atom. The fourth-order valence-electron chi connectivity index (χ4n) is 8.00. The number of rotatable bonds is 7. The predicted octanol–water partition coefficient (Wildman–Crippen LogP) is 12.4. The number of hydrogen-bond acceptors (Lipinski definition) is 3. The van der Waals surface area contributed by atoms with Crippen molar-refractivity contribution in [2.45, 2.75) is 32.7 Å². The van der Waals surface area contributed by atoms with Crippen LogP contribution in [0, 0.1) is 5.92 Å². The molecule has 0 saturated heterocycles. The van der Waals surface area contributed by atoms with E-state index in [1.807, 2.05) is 50.4 Å². The Balaban J connectivity index is 0.00000197. The van der Waals surface area contributed by atoms with E-state index < -0.39 is 5.54 Å². The SMILES string of the molecule is CC.CNC(/C=C(\N)c1ccccc1)(c1ccccc1)c1ccc(-n2c3ccccc3c3ccc(-c4cccc5c6c(sc45)CC(C)C=C6)cc32)cc1. The summed E-state index contributed by atoms with van der Waals surface area (Å²) in [5.74, 6) is 0.579. The number of nitrogens with two attached hydrogens (primary N) is 1. The van der Waals surface area contributed by atoms with Crippen LogP contribution >= 0.6 is 11.3 Å². The third kappa shape index (κ3) is 5.98. The van der Waals surface area contributed by atoms with Crippen LogP contribution in [0.2, 0.25) is 0 Å². The Kier molecular flexibility index (Phi) is 9.34. The van der Waals surface area contributed by atoms with Crippen LogP contribution in [0.3, 0.4) is 0 Å². The second kappa shape index (κ2) is 14.4. The van der Waals surface area contributed by atoms with Crippen molar-refractivity contribution in [1.29, 1.82) is 0 Å². The molecule has 0 bridgehead atoms. The lowest BCUT2D eigenvalue weighted by molar-refractivity contribution is 0.546. The molecule has 1 aliphatic carbocycles. The number of benzene rings is 6. The summed E-state index contributed by atoms with van der Waals surface area (Å²) >= 11 is 1.97. The van der Waals surface area contributed by atoms with E-state index in [1.165, 1.54) is 53.5 Å². The number of aromatic nitrogens is 1. The van der Waals surface area contributed by atoms with Crippen molar-refractivity contribution in [2.75, 3.05) is 7.05 Å². The second-order valence-electron chi connectivity index (χ2n) is 13.7. The number of fused-ring (bicyclic) bond motifs is 6. The molecule has 0 saturated carbocycles. The molecule has 0 amide bonds. The first kappa shape index (κ1) is 34.4. The summed E-state index contributed by atoms with van der Waals surface area (Å²) in [4.78, 5) is 1.50. The summed E-state index contributed by atoms with van der Waals surface area (Å²) in [5, 5.41) is 7.52. The van der Waals surface area contributed by atoms with E-state index in [4.69, 9.17) is 5.73 Å². The smallest absolute Gasteiger partial charge is 0.0898 e. The zero-order valence-corrected chi connectivity index (χ0v) is 31.6. The molecular weight excluding hydrogens is 663 g/mol. The molecule has 2 unspecified atom stereocenters. The Labute approximate surface area is 316 Å². The fraction of sp³-hybridized carbons (Fsp3) is 0.143. The average molecular weight is 708 g/mol. The lowest BCUT2D eigenvalue weighted by Gasteiger charge is -2.33.